The second kappa shape index (κ2) is 5.04. The molecule has 0 atom stereocenters. The molecule has 0 saturated carbocycles. The van der Waals surface area contributed by atoms with E-state index < -0.39 is 24.0 Å². The number of allylic oxidation sites excluding steroid dienone is 1. The average molecular weight is 280 g/mol. The van der Waals surface area contributed by atoms with E-state index in [4.69, 9.17) is 13.7 Å². The molecule has 0 bridgehead atoms. The summed E-state index contributed by atoms with van der Waals surface area (Å²) in [5.74, 6) is 1.36. The lowest BCUT2D eigenvalue weighted by atomic mass is 9.84. The van der Waals surface area contributed by atoms with Gasteiger partial charge in [-0.1, -0.05) is 6.92 Å². The molecule has 20 heavy (non-hydrogen) atoms. The van der Waals surface area contributed by atoms with Crippen molar-refractivity contribution in [3.05, 3.63) is 29.4 Å². The van der Waals surface area contributed by atoms with Crippen LogP contribution in [0.25, 0.3) is 5.57 Å². The highest BCUT2D eigenvalue weighted by atomic mass is 19.1. The van der Waals surface area contributed by atoms with E-state index in [0.717, 1.165) is 12.2 Å². The van der Waals surface area contributed by atoms with Crippen molar-refractivity contribution in [3.8, 4) is 0 Å². The first-order chi connectivity index (χ1) is 9.18. The van der Waals surface area contributed by atoms with Gasteiger partial charge in [-0.2, -0.15) is 0 Å². The predicted octanol–water partition coefficient (Wildman–Crippen LogP) is 4.17. The van der Waals surface area contributed by atoms with Crippen LogP contribution in [0.3, 0.4) is 0 Å². The monoisotopic (exact) mass is 280 g/mol. The number of hydrogen-bond donors (Lipinski definition) is 0. The molecular formula is C15H22BFO3. The van der Waals surface area contributed by atoms with E-state index in [-0.39, 0.29) is 0 Å². The number of halogens is 1. The molecule has 5 heteroatoms. The van der Waals surface area contributed by atoms with Crippen LogP contribution in [0.2, 0.25) is 0 Å². The van der Waals surface area contributed by atoms with Crippen LogP contribution < -0.4 is 0 Å². The van der Waals surface area contributed by atoms with Crippen LogP contribution in [-0.2, 0) is 15.7 Å². The van der Waals surface area contributed by atoms with Crippen molar-refractivity contribution in [2.75, 3.05) is 0 Å². The van der Waals surface area contributed by atoms with Gasteiger partial charge in [-0.3, -0.25) is 0 Å². The van der Waals surface area contributed by atoms with Crippen LogP contribution in [-0.4, -0.2) is 18.3 Å². The van der Waals surface area contributed by atoms with Gasteiger partial charge in [0.2, 0.25) is 0 Å². The standard InChI is InChI=1S/C15H22BFO3/c1-7-11-8-9-12(18-11)10(2)13(17)16-19-14(3,4)15(5,6)20-16/h8-9H,7H2,1-6H3. The maximum Gasteiger partial charge on any atom is 0.525 e. The van der Waals surface area contributed by atoms with Gasteiger partial charge in [0.1, 0.15) is 17.2 Å². The molecule has 0 amide bonds. The van der Waals surface area contributed by atoms with Crippen molar-refractivity contribution >= 4 is 12.7 Å². The summed E-state index contributed by atoms with van der Waals surface area (Å²) in [6, 6.07) is 3.63. The molecule has 0 radical (unpaired) electrons. The van der Waals surface area contributed by atoms with Crippen LogP contribution >= 0.6 is 0 Å². The molecule has 1 fully saturated rings. The van der Waals surface area contributed by atoms with Gasteiger partial charge in [0.25, 0.3) is 0 Å². The Morgan fingerprint density at radius 1 is 1.15 bits per heavy atom. The van der Waals surface area contributed by atoms with Gasteiger partial charge < -0.3 is 13.7 Å². The first-order valence-electron chi connectivity index (χ1n) is 6.99. The molecule has 2 heterocycles. The number of furan rings is 1. The highest BCUT2D eigenvalue weighted by Gasteiger charge is 2.53. The van der Waals surface area contributed by atoms with Crippen molar-refractivity contribution in [1.82, 2.24) is 0 Å². The summed E-state index contributed by atoms with van der Waals surface area (Å²) in [4.78, 5) is 0. The third-order valence-electron chi connectivity index (χ3n) is 4.20. The third-order valence-corrected chi connectivity index (χ3v) is 4.20. The lowest BCUT2D eigenvalue weighted by Crippen LogP contribution is -2.41. The Kier molecular flexibility index (Phi) is 3.86. The Labute approximate surface area is 120 Å². The molecule has 1 saturated heterocycles. The molecule has 1 aliphatic rings. The fourth-order valence-corrected chi connectivity index (χ4v) is 2.01. The summed E-state index contributed by atoms with van der Waals surface area (Å²) in [7, 11) is -0.977. The fraction of sp³-hybridized carbons (Fsp3) is 0.600. The summed E-state index contributed by atoms with van der Waals surface area (Å²) in [6.07, 6.45) is 0.783. The predicted molar refractivity (Wildman–Crippen MR) is 77.9 cm³/mol. The van der Waals surface area contributed by atoms with Crippen LogP contribution in [0, 0.1) is 0 Å². The van der Waals surface area contributed by atoms with E-state index in [0.29, 0.717) is 11.3 Å². The Morgan fingerprint density at radius 2 is 1.70 bits per heavy atom. The van der Waals surface area contributed by atoms with E-state index in [1.165, 1.54) is 0 Å². The minimum atomic E-state index is -0.977. The summed E-state index contributed by atoms with van der Waals surface area (Å²) in [5.41, 5.74) is -1.11. The van der Waals surface area contributed by atoms with Crippen LogP contribution in [0.1, 0.15) is 53.1 Å². The molecule has 0 aliphatic carbocycles. The second-order valence-corrected chi connectivity index (χ2v) is 6.18. The largest absolute Gasteiger partial charge is 0.525 e. The fourth-order valence-electron chi connectivity index (χ4n) is 2.01. The SMILES string of the molecule is CCc1ccc(C(C)=C(F)B2OC(C)(C)C(C)(C)O2)o1. The van der Waals surface area contributed by atoms with Crippen molar-refractivity contribution in [3.63, 3.8) is 0 Å². The van der Waals surface area contributed by atoms with E-state index in [1.54, 1.807) is 13.0 Å². The van der Waals surface area contributed by atoms with Crippen LogP contribution in [0.15, 0.2) is 22.3 Å². The zero-order valence-corrected chi connectivity index (χ0v) is 13.0. The Balaban J connectivity index is 2.26. The van der Waals surface area contributed by atoms with E-state index >= 15 is 0 Å². The molecule has 0 aromatic carbocycles. The van der Waals surface area contributed by atoms with Gasteiger partial charge >= 0.3 is 7.12 Å². The van der Waals surface area contributed by atoms with Crippen LogP contribution in [0.4, 0.5) is 4.39 Å². The molecule has 1 aromatic rings. The van der Waals surface area contributed by atoms with E-state index in [2.05, 4.69) is 0 Å². The minimum absolute atomic E-state index is 0.420. The second-order valence-electron chi connectivity index (χ2n) is 6.18. The van der Waals surface area contributed by atoms with Crippen molar-refractivity contribution in [2.45, 2.75) is 59.2 Å². The molecule has 0 unspecified atom stereocenters. The molecule has 110 valence electrons. The van der Waals surface area contributed by atoms with Gasteiger partial charge in [0, 0.05) is 12.0 Å². The summed E-state index contributed by atoms with van der Waals surface area (Å²) in [6.45, 7) is 11.3. The number of rotatable bonds is 3. The van der Waals surface area contributed by atoms with Gasteiger partial charge in [-0.25, -0.2) is 4.39 Å². The highest BCUT2D eigenvalue weighted by molar-refractivity contribution is 6.55. The van der Waals surface area contributed by atoms with Gasteiger partial charge in [0.05, 0.1) is 11.2 Å². The summed E-state index contributed by atoms with van der Waals surface area (Å²) < 4.78 is 31.5. The van der Waals surface area contributed by atoms with Crippen molar-refractivity contribution in [1.29, 1.82) is 0 Å². The Bertz CT molecular complexity index is 515. The number of aryl methyl sites for hydroxylation is 1. The molecule has 0 N–H and O–H groups in total. The van der Waals surface area contributed by atoms with Crippen molar-refractivity contribution < 1.29 is 18.1 Å². The average Bonchev–Trinajstić information content (AvgIpc) is 2.91. The van der Waals surface area contributed by atoms with E-state index in [1.807, 2.05) is 40.7 Å². The first kappa shape index (κ1) is 15.3. The van der Waals surface area contributed by atoms with Gasteiger partial charge in [0.15, 0.2) is 0 Å². The molecule has 1 aliphatic heterocycles. The Morgan fingerprint density at radius 3 is 2.15 bits per heavy atom. The maximum atomic E-state index is 14.6. The van der Waals surface area contributed by atoms with Gasteiger partial charge in [-0.05, 0) is 46.8 Å². The summed E-state index contributed by atoms with van der Waals surface area (Å²) >= 11 is 0. The zero-order valence-electron chi connectivity index (χ0n) is 13.0. The summed E-state index contributed by atoms with van der Waals surface area (Å²) in [5, 5.41) is 0. The van der Waals surface area contributed by atoms with Gasteiger partial charge in [-0.15, -0.1) is 0 Å². The smallest absolute Gasteiger partial charge is 0.461 e. The molecule has 1 aromatic heterocycles. The first-order valence-corrected chi connectivity index (χ1v) is 6.99. The highest BCUT2D eigenvalue weighted by Crippen LogP contribution is 2.40. The molecule has 3 nitrogen and oxygen atoms in total. The topological polar surface area (TPSA) is 31.6 Å². The van der Waals surface area contributed by atoms with E-state index in [9.17, 15) is 4.39 Å². The van der Waals surface area contributed by atoms with Crippen LogP contribution in [0.5, 0.6) is 0 Å². The molecular weight excluding hydrogens is 258 g/mol. The quantitative estimate of drug-likeness (QED) is 0.778. The van der Waals surface area contributed by atoms with Crippen molar-refractivity contribution in [2.24, 2.45) is 0 Å². The zero-order chi connectivity index (χ0) is 15.1. The Hall–Kier alpha value is -1.07. The lowest BCUT2D eigenvalue weighted by Gasteiger charge is -2.32. The third kappa shape index (κ3) is 2.57. The normalized spacial score (nSPS) is 22.1. The molecule has 2 rings (SSSR count). The minimum Gasteiger partial charge on any atom is -0.461 e. The number of hydrogen-bond acceptors (Lipinski definition) is 3. The molecule has 0 spiro atoms. The lowest BCUT2D eigenvalue weighted by molar-refractivity contribution is 0.00578. The maximum absolute atomic E-state index is 14.6.